The highest BCUT2D eigenvalue weighted by atomic mass is 32.2. The number of aryl methyl sites for hydroxylation is 1. The topological polar surface area (TPSA) is 127 Å². The summed E-state index contributed by atoms with van der Waals surface area (Å²) in [5, 5.41) is 21.4. The highest BCUT2D eigenvalue weighted by molar-refractivity contribution is 7.99. The minimum Gasteiger partial charge on any atom is -0.370 e. The van der Waals surface area contributed by atoms with Crippen LogP contribution in [0.3, 0.4) is 0 Å². The van der Waals surface area contributed by atoms with Crippen molar-refractivity contribution in [1.29, 1.82) is 5.26 Å². The third-order valence-electron chi connectivity index (χ3n) is 4.57. The van der Waals surface area contributed by atoms with Crippen LogP contribution in [-0.2, 0) is 22.6 Å². The molecule has 148 valence electrons. The Labute approximate surface area is 164 Å². The van der Waals surface area contributed by atoms with Gasteiger partial charge >= 0.3 is 0 Å². The van der Waals surface area contributed by atoms with Crippen LogP contribution in [0.15, 0.2) is 5.16 Å². The smallest absolute Gasteiger partial charge is 0.231 e. The molecule has 9 heteroatoms. The lowest BCUT2D eigenvalue weighted by Gasteiger charge is -2.31. The Morgan fingerprint density at radius 1 is 1.33 bits per heavy atom. The van der Waals surface area contributed by atoms with E-state index in [2.05, 4.69) is 35.4 Å². The predicted molar refractivity (Wildman–Crippen MR) is 103 cm³/mol. The van der Waals surface area contributed by atoms with Crippen LogP contribution in [0.2, 0.25) is 0 Å². The molecule has 0 radical (unpaired) electrons. The molecule has 1 fully saturated rings. The highest BCUT2D eigenvalue weighted by Crippen LogP contribution is 2.28. The van der Waals surface area contributed by atoms with Crippen LogP contribution in [-0.4, -0.2) is 37.9 Å². The molecule has 0 aliphatic heterocycles. The molecule has 2 rings (SSSR count). The lowest BCUT2D eigenvalue weighted by molar-refractivity contribution is -0.120. The van der Waals surface area contributed by atoms with Crippen molar-refractivity contribution in [2.45, 2.75) is 76.0 Å². The number of carbonyl (C=O) groups is 2. The number of aromatic nitrogens is 3. The first-order chi connectivity index (χ1) is 12.8. The van der Waals surface area contributed by atoms with E-state index in [1.807, 2.05) is 4.57 Å². The van der Waals surface area contributed by atoms with Crippen LogP contribution in [0.5, 0.6) is 0 Å². The zero-order valence-corrected chi connectivity index (χ0v) is 16.8. The monoisotopic (exact) mass is 392 g/mol. The van der Waals surface area contributed by atoms with Gasteiger partial charge in [0, 0.05) is 19.4 Å². The van der Waals surface area contributed by atoms with E-state index >= 15 is 0 Å². The van der Waals surface area contributed by atoms with E-state index in [4.69, 9.17) is 5.73 Å². The number of thioether (sulfide) groups is 1. The van der Waals surface area contributed by atoms with Crippen LogP contribution in [0.4, 0.5) is 0 Å². The molecule has 1 saturated carbocycles. The van der Waals surface area contributed by atoms with Gasteiger partial charge in [0.15, 0.2) is 5.16 Å². The van der Waals surface area contributed by atoms with Gasteiger partial charge in [-0.15, -0.1) is 10.2 Å². The van der Waals surface area contributed by atoms with Crippen molar-refractivity contribution >= 4 is 23.6 Å². The summed E-state index contributed by atoms with van der Waals surface area (Å²) in [6, 6.07) is 2.30. The van der Waals surface area contributed by atoms with E-state index in [0.717, 1.165) is 19.3 Å². The number of rotatable bonds is 9. The molecule has 1 aromatic rings. The third kappa shape index (κ3) is 6.24. The van der Waals surface area contributed by atoms with E-state index in [0.29, 0.717) is 42.7 Å². The van der Waals surface area contributed by atoms with Gasteiger partial charge in [0.25, 0.3) is 0 Å². The molecular weight excluding hydrogens is 364 g/mol. The van der Waals surface area contributed by atoms with Gasteiger partial charge in [-0.05, 0) is 18.8 Å². The van der Waals surface area contributed by atoms with Crippen molar-refractivity contribution in [2.24, 2.45) is 11.7 Å². The molecule has 1 aliphatic carbocycles. The van der Waals surface area contributed by atoms with Gasteiger partial charge < -0.3 is 15.6 Å². The molecule has 8 nitrogen and oxygen atoms in total. The molecule has 0 unspecified atom stereocenters. The Kier molecular flexibility index (Phi) is 7.66. The van der Waals surface area contributed by atoms with Crippen molar-refractivity contribution in [3.63, 3.8) is 0 Å². The number of nitrogens with two attached hydrogens (primary N) is 1. The first-order valence-electron chi connectivity index (χ1n) is 9.40. The number of amides is 2. The molecular formula is C18H28N6O2S. The maximum absolute atomic E-state index is 12.4. The van der Waals surface area contributed by atoms with Crippen LogP contribution < -0.4 is 11.1 Å². The molecule has 3 N–H and O–H groups in total. The summed E-state index contributed by atoms with van der Waals surface area (Å²) in [7, 11) is 0. The van der Waals surface area contributed by atoms with E-state index in [-0.39, 0.29) is 24.0 Å². The molecule has 1 heterocycles. The van der Waals surface area contributed by atoms with Crippen molar-refractivity contribution < 1.29 is 9.59 Å². The number of hydrogen-bond donors (Lipinski definition) is 2. The molecule has 0 atom stereocenters. The average molecular weight is 393 g/mol. The summed E-state index contributed by atoms with van der Waals surface area (Å²) in [5.74, 6) is 0.699. The Morgan fingerprint density at radius 2 is 2.04 bits per heavy atom. The summed E-state index contributed by atoms with van der Waals surface area (Å²) in [6.07, 6.45) is 5.10. The minimum absolute atomic E-state index is 0.166. The number of nitriles is 1. The Morgan fingerprint density at radius 3 is 2.63 bits per heavy atom. The van der Waals surface area contributed by atoms with Crippen LogP contribution in [0.1, 0.15) is 58.2 Å². The average Bonchev–Trinajstić information content (AvgIpc) is 3.00. The molecule has 0 spiro atoms. The summed E-state index contributed by atoms with van der Waals surface area (Å²) < 4.78 is 1.95. The third-order valence-corrected chi connectivity index (χ3v) is 5.54. The van der Waals surface area contributed by atoms with E-state index in [9.17, 15) is 14.9 Å². The maximum Gasteiger partial charge on any atom is 0.231 e. The summed E-state index contributed by atoms with van der Waals surface area (Å²) in [6.45, 7) is 4.87. The van der Waals surface area contributed by atoms with Gasteiger partial charge in [0.05, 0.1) is 11.8 Å². The molecule has 1 aromatic heterocycles. The Bertz CT molecular complexity index is 703. The number of nitrogens with one attached hydrogen (secondary N) is 1. The first kappa shape index (κ1) is 21.2. The Balaban J connectivity index is 2.00. The summed E-state index contributed by atoms with van der Waals surface area (Å²) in [5.41, 5.74) is 4.50. The van der Waals surface area contributed by atoms with Gasteiger partial charge in [-0.3, -0.25) is 9.59 Å². The molecule has 0 saturated heterocycles. The number of hydrogen-bond acceptors (Lipinski definition) is 6. The molecule has 2 amide bonds. The highest BCUT2D eigenvalue weighted by Gasteiger charge is 2.33. The SMILES string of the molecule is CC(C)Cn1c(CCC(N)=O)nnc1SCC(=O)NC1(C#N)CCCCC1. The summed E-state index contributed by atoms with van der Waals surface area (Å²) in [4.78, 5) is 23.5. The fraction of sp³-hybridized carbons (Fsp3) is 0.722. The normalized spacial score (nSPS) is 16.1. The quantitative estimate of drug-likeness (QED) is 0.617. The van der Waals surface area contributed by atoms with Gasteiger partial charge in [0.1, 0.15) is 11.4 Å². The van der Waals surface area contributed by atoms with Gasteiger partial charge in [0.2, 0.25) is 11.8 Å². The number of carbonyl (C=O) groups excluding carboxylic acids is 2. The standard InChI is InChI=1S/C18H28N6O2S/c1-13(2)10-24-15(7-6-14(20)25)22-23-17(24)27-11-16(26)21-18(12-19)8-4-3-5-9-18/h13H,3-11H2,1-2H3,(H2,20,25)(H,21,26). The molecule has 27 heavy (non-hydrogen) atoms. The minimum atomic E-state index is -0.728. The second-order valence-corrected chi connectivity index (χ2v) is 8.40. The van der Waals surface area contributed by atoms with E-state index in [1.165, 1.54) is 11.8 Å². The van der Waals surface area contributed by atoms with E-state index in [1.54, 1.807) is 0 Å². The molecule has 1 aliphatic rings. The lowest BCUT2D eigenvalue weighted by Crippen LogP contribution is -2.49. The first-order valence-corrected chi connectivity index (χ1v) is 10.4. The van der Waals surface area contributed by atoms with Crippen molar-refractivity contribution in [1.82, 2.24) is 20.1 Å². The number of nitrogens with zero attached hydrogens (tertiary/aromatic N) is 4. The van der Waals surface area contributed by atoms with Crippen LogP contribution in [0.25, 0.3) is 0 Å². The fourth-order valence-corrected chi connectivity index (χ4v) is 4.01. The maximum atomic E-state index is 12.4. The van der Waals surface area contributed by atoms with Gasteiger partial charge in [-0.2, -0.15) is 5.26 Å². The summed E-state index contributed by atoms with van der Waals surface area (Å²) >= 11 is 1.30. The fourth-order valence-electron chi connectivity index (χ4n) is 3.25. The zero-order chi connectivity index (χ0) is 19.9. The molecule has 0 aromatic carbocycles. The van der Waals surface area contributed by atoms with Crippen LogP contribution in [0, 0.1) is 17.2 Å². The zero-order valence-electron chi connectivity index (χ0n) is 16.0. The van der Waals surface area contributed by atoms with Crippen molar-refractivity contribution in [2.75, 3.05) is 5.75 Å². The number of primary amides is 1. The predicted octanol–water partition coefficient (Wildman–Crippen LogP) is 1.79. The van der Waals surface area contributed by atoms with Gasteiger partial charge in [-0.1, -0.05) is 44.9 Å². The largest absolute Gasteiger partial charge is 0.370 e. The van der Waals surface area contributed by atoms with E-state index < -0.39 is 5.54 Å². The second-order valence-electron chi connectivity index (χ2n) is 7.46. The van der Waals surface area contributed by atoms with Crippen molar-refractivity contribution in [3.8, 4) is 6.07 Å². The lowest BCUT2D eigenvalue weighted by atomic mass is 9.83. The Hall–Kier alpha value is -2.08. The molecule has 0 bridgehead atoms. The second kappa shape index (κ2) is 9.74. The van der Waals surface area contributed by atoms with Crippen LogP contribution >= 0.6 is 11.8 Å². The van der Waals surface area contributed by atoms with Gasteiger partial charge in [-0.25, -0.2) is 0 Å². The van der Waals surface area contributed by atoms with Crippen molar-refractivity contribution in [3.05, 3.63) is 5.82 Å².